The van der Waals surface area contributed by atoms with E-state index in [1.165, 1.54) is 6.33 Å². The number of hydrogen-bond donors (Lipinski definition) is 1. The predicted molar refractivity (Wildman–Crippen MR) is 39.1 cm³/mol. The Balaban J connectivity index is 0.000000500. The van der Waals surface area contributed by atoms with E-state index < -0.39 is 0 Å². The van der Waals surface area contributed by atoms with E-state index in [2.05, 4.69) is 21.1 Å². The fourth-order valence-corrected chi connectivity index (χ4v) is 0.743. The van der Waals surface area contributed by atoms with Gasteiger partial charge in [-0.05, 0) is 12.4 Å². The summed E-state index contributed by atoms with van der Waals surface area (Å²) in [5.74, 6) is 0. The van der Waals surface area contributed by atoms with Crippen LogP contribution in [0.3, 0.4) is 0 Å². The standard InChI is InChI=1S/C6H4N3.CH3.Y/c1-2-8-6-5(1)3-7-4-9-6;;/h1-2,4H,(H,7,8,9);1H3;/q2*-1;. The minimum atomic E-state index is 0. The summed E-state index contributed by atoms with van der Waals surface area (Å²) in [6.45, 7) is 0. The second-order valence-corrected chi connectivity index (χ2v) is 1.73. The Morgan fingerprint density at radius 1 is 1.45 bits per heavy atom. The molecule has 2 rings (SSSR count). The summed E-state index contributed by atoms with van der Waals surface area (Å²) in [6, 6.07) is 1.88. The Labute approximate surface area is 90.5 Å². The first kappa shape index (κ1) is 10.7. The molecule has 0 saturated carbocycles. The minimum absolute atomic E-state index is 0. The summed E-state index contributed by atoms with van der Waals surface area (Å²) in [5, 5.41) is 0.928. The second kappa shape index (κ2) is 4.57. The fraction of sp³-hybridized carbons (Fsp3) is 0. The Bertz CT molecular complexity index is 288. The minimum Gasteiger partial charge on any atom is -0.394 e. The Morgan fingerprint density at radius 2 is 2.27 bits per heavy atom. The van der Waals surface area contributed by atoms with Crippen molar-refractivity contribution < 1.29 is 32.7 Å². The van der Waals surface area contributed by atoms with Crippen LogP contribution in [0, 0.1) is 13.6 Å². The van der Waals surface area contributed by atoms with E-state index in [0.717, 1.165) is 11.0 Å². The number of aromatic nitrogens is 3. The number of nitrogens with one attached hydrogen (secondary N) is 1. The van der Waals surface area contributed by atoms with E-state index in [1.807, 2.05) is 12.3 Å². The third-order valence-corrected chi connectivity index (χ3v) is 1.15. The zero-order valence-electron chi connectivity index (χ0n) is 6.20. The fourth-order valence-electron chi connectivity index (χ4n) is 0.743. The Kier molecular flexibility index (Phi) is 4.46. The first-order chi connectivity index (χ1) is 4.47. The molecule has 0 spiro atoms. The quantitative estimate of drug-likeness (QED) is 0.680. The molecule has 2 aromatic rings. The monoisotopic (exact) mass is 222 g/mol. The van der Waals surface area contributed by atoms with Gasteiger partial charge in [-0.15, -0.1) is 6.07 Å². The van der Waals surface area contributed by atoms with Gasteiger partial charge in [-0.2, -0.15) is 0 Å². The third kappa shape index (κ3) is 2.07. The Hall–Kier alpha value is -0.276. The van der Waals surface area contributed by atoms with Gasteiger partial charge in [-0.25, -0.2) is 0 Å². The zero-order chi connectivity index (χ0) is 6.10. The van der Waals surface area contributed by atoms with Crippen molar-refractivity contribution in [2.24, 2.45) is 0 Å². The largest absolute Gasteiger partial charge is 0.394 e. The maximum Gasteiger partial charge on any atom is 0.0453 e. The van der Waals surface area contributed by atoms with E-state index in [0.29, 0.717) is 0 Å². The molecule has 0 atom stereocenters. The van der Waals surface area contributed by atoms with Gasteiger partial charge in [0.05, 0.1) is 0 Å². The van der Waals surface area contributed by atoms with Crippen molar-refractivity contribution in [3.8, 4) is 0 Å². The molecule has 2 heterocycles. The summed E-state index contributed by atoms with van der Waals surface area (Å²) < 4.78 is 0. The molecule has 4 heteroatoms. The van der Waals surface area contributed by atoms with Gasteiger partial charge in [0.1, 0.15) is 0 Å². The molecular formula is C7H7N3Y-2. The first-order valence-electron chi connectivity index (χ1n) is 2.62. The van der Waals surface area contributed by atoms with Crippen LogP contribution in [0.2, 0.25) is 0 Å². The summed E-state index contributed by atoms with van der Waals surface area (Å²) >= 11 is 0. The van der Waals surface area contributed by atoms with Crippen LogP contribution in [0.4, 0.5) is 0 Å². The summed E-state index contributed by atoms with van der Waals surface area (Å²) in [7, 11) is 0. The van der Waals surface area contributed by atoms with Crippen LogP contribution in [0.1, 0.15) is 0 Å². The van der Waals surface area contributed by atoms with Crippen LogP contribution in [0.15, 0.2) is 18.6 Å². The molecule has 3 nitrogen and oxygen atoms in total. The zero-order valence-corrected chi connectivity index (χ0v) is 9.04. The molecule has 0 bridgehead atoms. The summed E-state index contributed by atoms with van der Waals surface area (Å²) in [6.07, 6.45) is 6.07. The Morgan fingerprint density at radius 3 is 3.00 bits per heavy atom. The number of nitrogens with zero attached hydrogens (tertiary/aromatic N) is 2. The average molecular weight is 222 g/mol. The van der Waals surface area contributed by atoms with Gasteiger partial charge in [0.25, 0.3) is 0 Å². The SMILES string of the molecule is [CH3-].[Y].[c-]1ncnc2[nH]ccc12. The summed E-state index contributed by atoms with van der Waals surface area (Å²) in [4.78, 5) is 10.6. The van der Waals surface area contributed by atoms with Gasteiger partial charge in [0.2, 0.25) is 0 Å². The maximum atomic E-state index is 3.94. The number of H-pyrrole nitrogens is 1. The van der Waals surface area contributed by atoms with Crippen LogP contribution >= 0.6 is 0 Å². The molecule has 0 aliphatic heterocycles. The van der Waals surface area contributed by atoms with Gasteiger partial charge in [-0.1, -0.05) is 5.39 Å². The molecule has 0 amide bonds. The first-order valence-corrected chi connectivity index (χ1v) is 2.62. The van der Waals surface area contributed by atoms with Crippen LogP contribution in [0.5, 0.6) is 0 Å². The molecule has 1 N–H and O–H groups in total. The van der Waals surface area contributed by atoms with Gasteiger partial charge in [-0.3, -0.25) is 0 Å². The average Bonchev–Trinajstić information content (AvgIpc) is 2.33. The van der Waals surface area contributed by atoms with Crippen molar-refractivity contribution in [1.29, 1.82) is 0 Å². The molecule has 11 heavy (non-hydrogen) atoms. The van der Waals surface area contributed by atoms with Crippen LogP contribution in [-0.2, 0) is 32.7 Å². The van der Waals surface area contributed by atoms with Crippen LogP contribution in [0.25, 0.3) is 11.0 Å². The second-order valence-electron chi connectivity index (χ2n) is 1.73. The van der Waals surface area contributed by atoms with E-state index >= 15 is 0 Å². The van der Waals surface area contributed by atoms with E-state index in [1.54, 1.807) is 0 Å². The molecule has 0 saturated heterocycles. The molecule has 1 radical (unpaired) electrons. The van der Waals surface area contributed by atoms with Crippen molar-refractivity contribution in [3.05, 3.63) is 32.2 Å². The number of hydrogen-bond acceptors (Lipinski definition) is 2. The molecule has 0 aliphatic rings. The molecule has 55 valence electrons. The van der Waals surface area contributed by atoms with Crippen molar-refractivity contribution in [3.63, 3.8) is 0 Å². The van der Waals surface area contributed by atoms with E-state index in [4.69, 9.17) is 0 Å². The normalized spacial score (nSPS) is 8.36. The predicted octanol–water partition coefficient (Wildman–Crippen LogP) is 1.21. The molecule has 0 aliphatic carbocycles. The summed E-state index contributed by atoms with van der Waals surface area (Å²) in [5.41, 5.74) is 0.838. The number of aromatic amines is 1. The third-order valence-electron chi connectivity index (χ3n) is 1.15. The van der Waals surface area contributed by atoms with Crippen molar-refractivity contribution in [2.45, 2.75) is 0 Å². The van der Waals surface area contributed by atoms with E-state index in [9.17, 15) is 0 Å². The van der Waals surface area contributed by atoms with Crippen LogP contribution < -0.4 is 0 Å². The molecule has 0 unspecified atom stereocenters. The van der Waals surface area contributed by atoms with Crippen molar-refractivity contribution >= 4 is 11.0 Å². The molecule has 2 aromatic heterocycles. The van der Waals surface area contributed by atoms with E-state index in [-0.39, 0.29) is 40.1 Å². The van der Waals surface area contributed by atoms with Gasteiger partial charge in [0.15, 0.2) is 0 Å². The van der Waals surface area contributed by atoms with Crippen molar-refractivity contribution in [2.75, 3.05) is 0 Å². The smallest absolute Gasteiger partial charge is 0.0453 e. The molecular weight excluding hydrogens is 215 g/mol. The van der Waals surface area contributed by atoms with Crippen LogP contribution in [-0.4, -0.2) is 15.0 Å². The van der Waals surface area contributed by atoms with Crippen molar-refractivity contribution in [1.82, 2.24) is 15.0 Å². The molecule has 0 aromatic carbocycles. The topological polar surface area (TPSA) is 41.6 Å². The van der Waals surface area contributed by atoms with Gasteiger partial charge < -0.3 is 22.4 Å². The number of fused-ring (bicyclic) bond motifs is 1. The van der Waals surface area contributed by atoms with Gasteiger partial charge >= 0.3 is 0 Å². The number of rotatable bonds is 0. The maximum absolute atomic E-state index is 3.94. The molecule has 0 fully saturated rings. The van der Waals surface area contributed by atoms with Gasteiger partial charge in [0, 0.05) is 44.7 Å².